The fourth-order valence-corrected chi connectivity index (χ4v) is 1.79. The van der Waals surface area contributed by atoms with Gasteiger partial charge in [0.1, 0.15) is 5.82 Å². The number of hydrogen-bond acceptors (Lipinski definition) is 2. The van der Waals surface area contributed by atoms with Crippen LogP contribution in [0.15, 0.2) is 48.5 Å². The van der Waals surface area contributed by atoms with E-state index in [1.54, 1.807) is 13.1 Å². The molecule has 20 heavy (non-hydrogen) atoms. The fourth-order valence-electron chi connectivity index (χ4n) is 1.79. The van der Waals surface area contributed by atoms with Crippen molar-refractivity contribution in [2.24, 2.45) is 0 Å². The summed E-state index contributed by atoms with van der Waals surface area (Å²) in [6, 6.07) is 12.7. The number of carbonyl (C=O) groups is 1. The Balaban J connectivity index is 1.96. The van der Waals surface area contributed by atoms with Gasteiger partial charge in [0.25, 0.3) is 0 Å². The molecular weight excluding hydrogens is 257 g/mol. The topological polar surface area (TPSA) is 58.4 Å². The molecule has 0 bridgehead atoms. The monoisotopic (exact) mass is 273 g/mol. The maximum Gasteiger partial charge on any atom is 0.321 e. The molecule has 2 amide bonds. The number of amides is 2. The zero-order valence-corrected chi connectivity index (χ0v) is 11.1. The minimum atomic E-state index is -0.337. The van der Waals surface area contributed by atoms with Crippen molar-refractivity contribution in [1.82, 2.24) is 4.90 Å². The molecule has 2 aromatic rings. The van der Waals surface area contributed by atoms with Gasteiger partial charge in [0, 0.05) is 25.0 Å². The quantitative estimate of drug-likeness (QED) is 0.844. The van der Waals surface area contributed by atoms with Crippen LogP contribution >= 0.6 is 0 Å². The van der Waals surface area contributed by atoms with E-state index < -0.39 is 0 Å². The van der Waals surface area contributed by atoms with Crippen molar-refractivity contribution in [3.05, 3.63) is 59.9 Å². The predicted octanol–water partition coefficient (Wildman–Crippen LogP) is 3.07. The lowest BCUT2D eigenvalue weighted by Crippen LogP contribution is -2.30. The lowest BCUT2D eigenvalue weighted by Gasteiger charge is -2.18. The molecule has 0 aliphatic rings. The molecule has 0 radical (unpaired) electrons. The van der Waals surface area contributed by atoms with Crippen molar-refractivity contribution in [3.8, 4) is 0 Å². The Hall–Kier alpha value is -2.56. The lowest BCUT2D eigenvalue weighted by molar-refractivity contribution is 0.220. The molecule has 2 aromatic carbocycles. The third kappa shape index (κ3) is 3.71. The first-order valence-corrected chi connectivity index (χ1v) is 6.17. The van der Waals surface area contributed by atoms with E-state index in [1.165, 1.54) is 29.2 Å². The van der Waals surface area contributed by atoms with Crippen LogP contribution in [-0.4, -0.2) is 18.0 Å². The first kappa shape index (κ1) is 13.9. The number of nitrogen functional groups attached to an aromatic ring is 1. The van der Waals surface area contributed by atoms with Gasteiger partial charge in [-0.2, -0.15) is 0 Å². The summed E-state index contributed by atoms with van der Waals surface area (Å²) < 4.78 is 12.8. The summed E-state index contributed by atoms with van der Waals surface area (Å²) >= 11 is 0. The first-order chi connectivity index (χ1) is 9.54. The van der Waals surface area contributed by atoms with Crippen molar-refractivity contribution in [2.75, 3.05) is 18.1 Å². The number of hydrogen-bond donors (Lipinski definition) is 2. The summed E-state index contributed by atoms with van der Waals surface area (Å²) in [5.41, 5.74) is 7.85. The highest BCUT2D eigenvalue weighted by Crippen LogP contribution is 2.11. The Kier molecular flexibility index (Phi) is 4.20. The van der Waals surface area contributed by atoms with Crippen molar-refractivity contribution in [2.45, 2.75) is 6.54 Å². The molecule has 0 fully saturated rings. The van der Waals surface area contributed by atoms with Gasteiger partial charge in [-0.3, -0.25) is 0 Å². The van der Waals surface area contributed by atoms with Gasteiger partial charge in [-0.1, -0.05) is 12.1 Å². The normalized spacial score (nSPS) is 10.1. The van der Waals surface area contributed by atoms with E-state index >= 15 is 0 Å². The Morgan fingerprint density at radius 3 is 2.60 bits per heavy atom. The van der Waals surface area contributed by atoms with Crippen LogP contribution in [0.1, 0.15) is 5.56 Å². The standard InChI is InChI=1S/C15H16FN3O/c1-19(10-11-3-2-4-13(17)9-11)15(20)18-14-7-5-12(16)6-8-14/h2-9H,10,17H2,1H3,(H,18,20). The highest BCUT2D eigenvalue weighted by molar-refractivity contribution is 5.89. The molecule has 0 aliphatic heterocycles. The zero-order chi connectivity index (χ0) is 14.5. The fraction of sp³-hybridized carbons (Fsp3) is 0.133. The molecule has 0 heterocycles. The van der Waals surface area contributed by atoms with Crippen LogP contribution in [0.4, 0.5) is 20.6 Å². The summed E-state index contributed by atoms with van der Waals surface area (Å²) in [6.45, 7) is 0.443. The van der Waals surface area contributed by atoms with Gasteiger partial charge in [-0.25, -0.2) is 9.18 Å². The molecule has 0 atom stereocenters. The van der Waals surface area contributed by atoms with Gasteiger partial charge in [-0.15, -0.1) is 0 Å². The number of halogens is 1. The lowest BCUT2D eigenvalue weighted by atomic mass is 10.2. The van der Waals surface area contributed by atoms with Gasteiger partial charge in [0.15, 0.2) is 0 Å². The van der Waals surface area contributed by atoms with E-state index in [2.05, 4.69) is 5.32 Å². The largest absolute Gasteiger partial charge is 0.399 e. The predicted molar refractivity (Wildman–Crippen MR) is 77.7 cm³/mol. The van der Waals surface area contributed by atoms with Gasteiger partial charge >= 0.3 is 6.03 Å². The number of carbonyl (C=O) groups excluding carboxylic acids is 1. The average Bonchev–Trinajstić information content (AvgIpc) is 2.41. The van der Waals surface area contributed by atoms with E-state index in [0.29, 0.717) is 17.9 Å². The molecule has 5 heteroatoms. The maximum absolute atomic E-state index is 12.8. The SMILES string of the molecule is CN(Cc1cccc(N)c1)C(=O)Nc1ccc(F)cc1. The zero-order valence-electron chi connectivity index (χ0n) is 11.1. The van der Waals surface area contributed by atoms with Crippen LogP contribution in [0.5, 0.6) is 0 Å². The molecular formula is C15H16FN3O. The van der Waals surface area contributed by atoms with Gasteiger partial charge in [-0.05, 0) is 42.0 Å². The number of anilines is 2. The minimum Gasteiger partial charge on any atom is -0.399 e. The van der Waals surface area contributed by atoms with E-state index in [0.717, 1.165) is 5.56 Å². The summed E-state index contributed by atoms with van der Waals surface area (Å²) in [5.74, 6) is -0.337. The average molecular weight is 273 g/mol. The number of rotatable bonds is 3. The highest BCUT2D eigenvalue weighted by atomic mass is 19.1. The summed E-state index contributed by atoms with van der Waals surface area (Å²) in [4.78, 5) is 13.5. The Morgan fingerprint density at radius 2 is 1.95 bits per heavy atom. The smallest absolute Gasteiger partial charge is 0.321 e. The Labute approximate surface area is 117 Å². The molecule has 0 aromatic heterocycles. The number of benzene rings is 2. The Morgan fingerprint density at radius 1 is 1.25 bits per heavy atom. The number of nitrogens with two attached hydrogens (primary N) is 1. The first-order valence-electron chi connectivity index (χ1n) is 6.17. The molecule has 104 valence electrons. The van der Waals surface area contributed by atoms with Crippen LogP contribution in [0.3, 0.4) is 0 Å². The second kappa shape index (κ2) is 6.06. The molecule has 3 N–H and O–H groups in total. The van der Waals surface area contributed by atoms with Crippen LogP contribution in [-0.2, 0) is 6.54 Å². The summed E-state index contributed by atoms with van der Waals surface area (Å²) in [6.07, 6.45) is 0. The van der Waals surface area contributed by atoms with E-state index in [9.17, 15) is 9.18 Å². The van der Waals surface area contributed by atoms with Crippen molar-refractivity contribution in [1.29, 1.82) is 0 Å². The molecule has 4 nitrogen and oxygen atoms in total. The van der Waals surface area contributed by atoms with Crippen LogP contribution in [0.25, 0.3) is 0 Å². The number of nitrogens with zero attached hydrogens (tertiary/aromatic N) is 1. The second-order valence-corrected chi connectivity index (χ2v) is 4.54. The minimum absolute atomic E-state index is 0.265. The van der Waals surface area contributed by atoms with Crippen molar-refractivity contribution in [3.63, 3.8) is 0 Å². The number of urea groups is 1. The van der Waals surface area contributed by atoms with Crippen LogP contribution in [0.2, 0.25) is 0 Å². The third-order valence-electron chi connectivity index (χ3n) is 2.81. The van der Waals surface area contributed by atoms with E-state index in [-0.39, 0.29) is 11.8 Å². The third-order valence-corrected chi connectivity index (χ3v) is 2.81. The van der Waals surface area contributed by atoms with Gasteiger partial charge in [0.2, 0.25) is 0 Å². The molecule has 0 unspecified atom stereocenters. The van der Waals surface area contributed by atoms with E-state index in [1.807, 2.05) is 18.2 Å². The van der Waals surface area contributed by atoms with Crippen LogP contribution in [0, 0.1) is 5.82 Å². The summed E-state index contributed by atoms with van der Waals surface area (Å²) in [7, 11) is 1.68. The van der Waals surface area contributed by atoms with Crippen molar-refractivity contribution >= 4 is 17.4 Å². The second-order valence-electron chi connectivity index (χ2n) is 4.54. The Bertz CT molecular complexity index is 598. The van der Waals surface area contributed by atoms with Gasteiger partial charge < -0.3 is 16.0 Å². The molecule has 0 saturated carbocycles. The molecule has 0 spiro atoms. The molecule has 0 aliphatic carbocycles. The molecule has 2 rings (SSSR count). The number of nitrogens with one attached hydrogen (secondary N) is 1. The summed E-state index contributed by atoms with van der Waals surface area (Å²) in [5, 5.41) is 2.69. The maximum atomic E-state index is 12.8. The van der Waals surface area contributed by atoms with Gasteiger partial charge in [0.05, 0.1) is 0 Å². The van der Waals surface area contributed by atoms with Crippen molar-refractivity contribution < 1.29 is 9.18 Å². The van der Waals surface area contributed by atoms with Crippen LogP contribution < -0.4 is 11.1 Å². The van der Waals surface area contributed by atoms with E-state index in [4.69, 9.17) is 5.73 Å². The highest BCUT2D eigenvalue weighted by Gasteiger charge is 2.09. The molecule has 0 saturated heterocycles.